The number of esters is 1. The van der Waals surface area contributed by atoms with Gasteiger partial charge in [-0.2, -0.15) is 0 Å². The molecule has 27 heavy (non-hydrogen) atoms. The molecule has 0 saturated carbocycles. The second-order valence-corrected chi connectivity index (χ2v) is 7.30. The topological polar surface area (TPSA) is 63.4 Å². The van der Waals surface area contributed by atoms with Crippen LogP contribution in [0.25, 0.3) is 10.9 Å². The molecule has 5 nitrogen and oxygen atoms in total. The van der Waals surface area contributed by atoms with Crippen LogP contribution in [0.1, 0.15) is 22.9 Å². The van der Waals surface area contributed by atoms with Crippen molar-refractivity contribution in [3.8, 4) is 5.75 Å². The van der Waals surface area contributed by atoms with Gasteiger partial charge < -0.3 is 14.5 Å². The quantitative estimate of drug-likeness (QED) is 0.640. The minimum atomic E-state index is -0.492. The van der Waals surface area contributed by atoms with Crippen LogP contribution in [0.5, 0.6) is 5.75 Å². The van der Waals surface area contributed by atoms with Crippen molar-refractivity contribution in [2.75, 3.05) is 14.2 Å². The van der Waals surface area contributed by atoms with Gasteiger partial charge in [0.05, 0.1) is 25.3 Å². The van der Waals surface area contributed by atoms with Crippen LogP contribution in [0.4, 0.5) is 0 Å². The number of ether oxygens (including phenoxy) is 2. The number of H-pyrrole nitrogens is 1. The molecule has 1 aliphatic rings. The molecule has 0 amide bonds. The van der Waals surface area contributed by atoms with E-state index < -0.39 is 6.04 Å². The number of rotatable bonds is 3. The minimum Gasteiger partial charge on any atom is -0.495 e. The van der Waals surface area contributed by atoms with Gasteiger partial charge in [0.25, 0.3) is 0 Å². The van der Waals surface area contributed by atoms with Gasteiger partial charge in [-0.25, -0.2) is 0 Å². The summed E-state index contributed by atoms with van der Waals surface area (Å²) in [5, 5.41) is 5.36. The Labute approximate surface area is 166 Å². The average Bonchev–Trinajstić information content (AvgIpc) is 3.04. The van der Waals surface area contributed by atoms with Crippen LogP contribution in [0.15, 0.2) is 36.4 Å². The summed E-state index contributed by atoms with van der Waals surface area (Å²) in [6.07, 6.45) is 0.527. The lowest BCUT2D eigenvalue weighted by Gasteiger charge is -2.31. The molecule has 140 valence electrons. The van der Waals surface area contributed by atoms with E-state index in [4.69, 9.17) is 32.7 Å². The molecule has 0 fully saturated rings. The second kappa shape index (κ2) is 7.08. The van der Waals surface area contributed by atoms with E-state index in [-0.39, 0.29) is 12.0 Å². The highest BCUT2D eigenvalue weighted by atomic mass is 35.5. The molecule has 4 rings (SSSR count). The number of hydrogen-bond donors (Lipinski definition) is 2. The van der Waals surface area contributed by atoms with Crippen LogP contribution < -0.4 is 10.1 Å². The fourth-order valence-corrected chi connectivity index (χ4v) is 4.37. The maximum absolute atomic E-state index is 12.3. The number of halogens is 2. The first-order valence-electron chi connectivity index (χ1n) is 8.49. The van der Waals surface area contributed by atoms with Crippen molar-refractivity contribution >= 4 is 40.1 Å². The van der Waals surface area contributed by atoms with Crippen molar-refractivity contribution in [1.82, 2.24) is 10.3 Å². The zero-order chi connectivity index (χ0) is 19.1. The molecular weight excluding hydrogens is 387 g/mol. The van der Waals surface area contributed by atoms with E-state index in [1.54, 1.807) is 19.2 Å². The summed E-state index contributed by atoms with van der Waals surface area (Å²) >= 11 is 12.6. The molecule has 0 aliphatic carbocycles. The number of benzene rings is 2. The van der Waals surface area contributed by atoms with Gasteiger partial charge in [0, 0.05) is 33.6 Å². The summed E-state index contributed by atoms with van der Waals surface area (Å²) in [5.74, 6) is 0.205. The summed E-state index contributed by atoms with van der Waals surface area (Å²) < 4.78 is 10.5. The molecule has 0 saturated heterocycles. The number of para-hydroxylation sites is 1. The standard InChI is InChI=1S/C20H18Cl2N2O3/c1-26-19-13(7-10(21)8-14(19)22)18-17-12(9-16(24-18)20(25)27-2)11-5-3-4-6-15(11)23-17/h3-8,16,18,23-24H,9H2,1-2H3. The van der Waals surface area contributed by atoms with Crippen molar-refractivity contribution < 1.29 is 14.3 Å². The molecule has 0 radical (unpaired) electrons. The number of carbonyl (C=O) groups is 1. The second-order valence-electron chi connectivity index (χ2n) is 6.45. The largest absolute Gasteiger partial charge is 0.495 e. The molecule has 2 heterocycles. The molecule has 2 atom stereocenters. The lowest BCUT2D eigenvalue weighted by molar-refractivity contribution is -0.143. The Hall–Kier alpha value is -2.21. The number of carbonyl (C=O) groups excluding carboxylic acids is 1. The molecule has 0 bridgehead atoms. The molecule has 3 aromatic rings. The fraction of sp³-hybridized carbons (Fsp3) is 0.250. The minimum absolute atomic E-state index is 0.317. The number of methoxy groups -OCH3 is 2. The SMILES string of the molecule is COC(=O)C1Cc2c([nH]c3ccccc23)C(c2cc(Cl)cc(Cl)c2OC)N1. The van der Waals surface area contributed by atoms with E-state index >= 15 is 0 Å². The number of hydrogen-bond acceptors (Lipinski definition) is 4. The molecule has 2 unspecified atom stereocenters. The van der Waals surface area contributed by atoms with Gasteiger partial charge in [-0.1, -0.05) is 41.4 Å². The normalized spacial score (nSPS) is 19.0. The zero-order valence-electron chi connectivity index (χ0n) is 14.8. The third kappa shape index (κ3) is 3.06. The Kier molecular flexibility index (Phi) is 4.76. The predicted molar refractivity (Wildman–Crippen MR) is 106 cm³/mol. The molecule has 7 heteroatoms. The van der Waals surface area contributed by atoms with Gasteiger partial charge >= 0.3 is 5.97 Å². The summed E-state index contributed by atoms with van der Waals surface area (Å²) in [6, 6.07) is 10.6. The summed E-state index contributed by atoms with van der Waals surface area (Å²) in [7, 11) is 2.95. The van der Waals surface area contributed by atoms with Gasteiger partial charge in [-0.3, -0.25) is 10.1 Å². The monoisotopic (exact) mass is 404 g/mol. The first-order valence-corrected chi connectivity index (χ1v) is 9.25. The Morgan fingerprint density at radius 1 is 1.19 bits per heavy atom. The molecule has 2 N–H and O–H groups in total. The van der Waals surface area contributed by atoms with E-state index in [9.17, 15) is 4.79 Å². The molecule has 1 aliphatic heterocycles. The van der Waals surface area contributed by atoms with Crippen LogP contribution in [0.2, 0.25) is 10.0 Å². The Bertz CT molecular complexity index is 1030. The van der Waals surface area contributed by atoms with Gasteiger partial charge in [-0.15, -0.1) is 0 Å². The van der Waals surface area contributed by atoms with Gasteiger partial charge in [0.2, 0.25) is 0 Å². The number of nitrogens with one attached hydrogen (secondary N) is 2. The van der Waals surface area contributed by atoms with E-state index in [0.717, 1.165) is 27.7 Å². The number of fused-ring (bicyclic) bond motifs is 3. The first kappa shape index (κ1) is 18.2. The third-order valence-corrected chi connectivity index (χ3v) is 5.45. The third-order valence-electron chi connectivity index (χ3n) is 4.95. The smallest absolute Gasteiger partial charge is 0.323 e. The summed E-state index contributed by atoms with van der Waals surface area (Å²) in [5.41, 5.74) is 3.80. The van der Waals surface area contributed by atoms with Crippen molar-refractivity contribution in [2.45, 2.75) is 18.5 Å². The zero-order valence-corrected chi connectivity index (χ0v) is 16.3. The van der Waals surface area contributed by atoms with Crippen molar-refractivity contribution in [3.63, 3.8) is 0 Å². The fourth-order valence-electron chi connectivity index (χ4n) is 3.78. The average molecular weight is 405 g/mol. The highest BCUT2D eigenvalue weighted by Crippen LogP contribution is 2.42. The highest BCUT2D eigenvalue weighted by molar-refractivity contribution is 6.35. The lowest BCUT2D eigenvalue weighted by Crippen LogP contribution is -2.45. The Morgan fingerprint density at radius 3 is 2.70 bits per heavy atom. The van der Waals surface area contributed by atoms with Crippen molar-refractivity contribution in [3.05, 3.63) is 63.3 Å². The van der Waals surface area contributed by atoms with E-state index in [0.29, 0.717) is 22.2 Å². The van der Waals surface area contributed by atoms with Crippen molar-refractivity contribution in [1.29, 1.82) is 0 Å². The van der Waals surface area contributed by atoms with Crippen LogP contribution in [-0.2, 0) is 16.0 Å². The molecule has 2 aromatic carbocycles. The number of aromatic nitrogens is 1. The van der Waals surface area contributed by atoms with Gasteiger partial charge in [0.15, 0.2) is 0 Å². The maximum Gasteiger partial charge on any atom is 0.323 e. The molecule has 1 aromatic heterocycles. The highest BCUT2D eigenvalue weighted by Gasteiger charge is 2.36. The Balaban J connectivity index is 1.94. The van der Waals surface area contributed by atoms with Gasteiger partial charge in [0.1, 0.15) is 11.8 Å². The summed E-state index contributed by atoms with van der Waals surface area (Å²) in [6.45, 7) is 0. The maximum atomic E-state index is 12.3. The summed E-state index contributed by atoms with van der Waals surface area (Å²) in [4.78, 5) is 15.8. The van der Waals surface area contributed by atoms with Crippen LogP contribution in [0.3, 0.4) is 0 Å². The predicted octanol–water partition coefficient (Wildman–Crippen LogP) is 4.26. The molecular formula is C20H18Cl2N2O3. The first-order chi connectivity index (χ1) is 13.0. The van der Waals surface area contributed by atoms with E-state index in [1.165, 1.54) is 7.11 Å². The van der Waals surface area contributed by atoms with E-state index in [1.807, 2.05) is 24.3 Å². The van der Waals surface area contributed by atoms with Crippen LogP contribution in [-0.4, -0.2) is 31.2 Å². The lowest BCUT2D eigenvalue weighted by atomic mass is 9.90. The Morgan fingerprint density at radius 2 is 1.96 bits per heavy atom. The van der Waals surface area contributed by atoms with E-state index in [2.05, 4.69) is 10.3 Å². The van der Waals surface area contributed by atoms with Gasteiger partial charge in [-0.05, 0) is 23.8 Å². The van der Waals surface area contributed by atoms with Crippen molar-refractivity contribution in [2.24, 2.45) is 0 Å². The van der Waals surface area contributed by atoms with Crippen LogP contribution >= 0.6 is 23.2 Å². The molecule has 0 spiro atoms. The van der Waals surface area contributed by atoms with Crippen LogP contribution in [0, 0.1) is 0 Å². The number of aromatic amines is 1.